The number of unbranched alkanes of at least 4 members (excludes halogenated alkanes) is 1. The van der Waals surface area contributed by atoms with E-state index in [1.165, 1.54) is 34.5 Å². The monoisotopic (exact) mass is 159 g/mol. The predicted molar refractivity (Wildman–Crippen MR) is 52.4 cm³/mol. The van der Waals surface area contributed by atoms with Gasteiger partial charge in [-0.3, -0.25) is 0 Å². The Morgan fingerprint density at radius 3 is 2.20 bits per heavy atom. The van der Waals surface area contributed by atoms with Crippen molar-refractivity contribution in [2.75, 3.05) is 0 Å². The van der Waals surface area contributed by atoms with E-state index in [1.54, 1.807) is 0 Å². The van der Waals surface area contributed by atoms with Gasteiger partial charge >= 0.3 is 60.6 Å². The second-order valence-electron chi connectivity index (χ2n) is 2.82. The second kappa shape index (κ2) is 9.46. The molecule has 2 heteroatoms. The van der Waals surface area contributed by atoms with Gasteiger partial charge in [0.2, 0.25) is 0 Å². The molecule has 0 rings (SSSR count). The molecule has 0 nitrogen and oxygen atoms in total. The third-order valence-corrected chi connectivity index (χ3v) is 2.12. The van der Waals surface area contributed by atoms with Crippen LogP contribution in [0.15, 0.2) is 0 Å². The molecular formula is C8H19BeCl. The minimum atomic E-state index is 0. The van der Waals surface area contributed by atoms with Crippen molar-refractivity contribution in [2.45, 2.75) is 51.8 Å². The van der Waals surface area contributed by atoms with E-state index in [2.05, 4.69) is 20.5 Å². The standard InChI is InChI=1S/C7H15.CH3.Be.ClH/c1-3-5-7-6-4-2;;;/h5H,3-4,6-7H2,1-2H3;1H3;;1H. The molecule has 0 fully saturated rings. The van der Waals surface area contributed by atoms with Gasteiger partial charge in [-0.2, -0.15) is 0 Å². The van der Waals surface area contributed by atoms with Crippen LogP contribution >= 0.6 is 12.4 Å². The molecular weight excluding hydrogens is 141 g/mol. The fourth-order valence-electron chi connectivity index (χ4n) is 1.19. The average Bonchev–Trinajstić information content (AvgIpc) is 1.91. The summed E-state index contributed by atoms with van der Waals surface area (Å²) in [5, 5.41) is 0. The zero-order chi connectivity index (χ0) is 7.11. The van der Waals surface area contributed by atoms with Crippen LogP contribution in [0.4, 0.5) is 0 Å². The van der Waals surface area contributed by atoms with Gasteiger partial charge in [0.25, 0.3) is 0 Å². The fraction of sp³-hybridized carbons (Fsp3) is 1.00. The van der Waals surface area contributed by atoms with E-state index in [0.717, 1.165) is 5.63 Å². The molecule has 0 N–H and O–H groups in total. The molecule has 0 aliphatic carbocycles. The Labute approximate surface area is 73.5 Å². The fourth-order valence-corrected chi connectivity index (χ4v) is 1.19. The molecule has 0 aliphatic rings. The van der Waals surface area contributed by atoms with Crippen molar-refractivity contribution in [3.8, 4) is 0 Å². The Hall–Kier alpha value is 0.459. The van der Waals surface area contributed by atoms with Gasteiger partial charge < -0.3 is 0 Å². The van der Waals surface area contributed by atoms with Gasteiger partial charge in [0, 0.05) is 0 Å². The molecule has 10 heavy (non-hydrogen) atoms. The molecule has 0 amide bonds. The van der Waals surface area contributed by atoms with Gasteiger partial charge in [0.15, 0.2) is 0 Å². The van der Waals surface area contributed by atoms with E-state index < -0.39 is 0 Å². The van der Waals surface area contributed by atoms with Gasteiger partial charge in [-0.05, 0) is 0 Å². The molecule has 60 valence electrons. The van der Waals surface area contributed by atoms with E-state index in [9.17, 15) is 0 Å². The van der Waals surface area contributed by atoms with Crippen molar-refractivity contribution >= 4 is 21.2 Å². The summed E-state index contributed by atoms with van der Waals surface area (Å²) in [6.45, 7) is 6.86. The Morgan fingerprint density at radius 1 is 1.30 bits per heavy atom. The molecule has 0 heterocycles. The third kappa shape index (κ3) is 6.58. The molecule has 0 aromatic rings. The average molecular weight is 160 g/mol. The van der Waals surface area contributed by atoms with Crippen molar-refractivity contribution < 1.29 is 0 Å². The summed E-state index contributed by atoms with van der Waals surface area (Å²) in [7, 11) is 1.37. The second-order valence-corrected chi connectivity index (χ2v) is 2.82. The summed E-state index contributed by atoms with van der Waals surface area (Å²) in [5.74, 6) is 0. The topological polar surface area (TPSA) is 0 Å². The van der Waals surface area contributed by atoms with Crippen LogP contribution < -0.4 is 0 Å². The maximum atomic E-state index is 2.30. The van der Waals surface area contributed by atoms with Crippen LogP contribution in [-0.2, 0) is 0 Å². The van der Waals surface area contributed by atoms with Crippen molar-refractivity contribution in [1.82, 2.24) is 0 Å². The maximum absolute atomic E-state index is 2.30. The first-order chi connectivity index (χ1) is 4.35. The number of hydrogen-bond acceptors (Lipinski definition) is 0. The molecule has 0 aromatic heterocycles. The predicted octanol–water partition coefficient (Wildman–Crippen LogP) is 3.55. The van der Waals surface area contributed by atoms with Crippen molar-refractivity contribution in [3.05, 3.63) is 0 Å². The molecule has 0 aliphatic heterocycles. The van der Waals surface area contributed by atoms with Crippen LogP contribution in [0.2, 0.25) is 12.3 Å². The van der Waals surface area contributed by atoms with Gasteiger partial charge in [-0.1, -0.05) is 0 Å². The molecule has 0 saturated heterocycles. The quantitative estimate of drug-likeness (QED) is 0.539. The van der Waals surface area contributed by atoms with E-state index >= 15 is 0 Å². The third-order valence-electron chi connectivity index (χ3n) is 2.12. The van der Waals surface area contributed by atoms with Crippen LogP contribution in [0.25, 0.3) is 0 Å². The van der Waals surface area contributed by atoms with Crippen LogP contribution in [-0.4, -0.2) is 8.78 Å². The Bertz CT molecular complexity index is 53.2. The summed E-state index contributed by atoms with van der Waals surface area (Å²) in [5.41, 5.74) is 1.00. The Balaban J connectivity index is 0. The summed E-state index contributed by atoms with van der Waals surface area (Å²) in [6.07, 6.45) is 5.60. The Morgan fingerprint density at radius 2 is 1.90 bits per heavy atom. The first kappa shape index (κ1) is 13.1. The SMILES string of the molecule is Cl.[CH3][Be][CH](CC)CCCC. The Kier molecular flexibility index (Phi) is 12.4. The molecule has 0 saturated carbocycles. The van der Waals surface area contributed by atoms with Crippen molar-refractivity contribution in [3.63, 3.8) is 0 Å². The zero-order valence-corrected chi connectivity index (χ0v) is 8.34. The van der Waals surface area contributed by atoms with Crippen LogP contribution in [0, 0.1) is 0 Å². The van der Waals surface area contributed by atoms with E-state index in [-0.39, 0.29) is 12.4 Å². The first-order valence-electron chi connectivity index (χ1n) is 4.35. The van der Waals surface area contributed by atoms with Crippen molar-refractivity contribution in [1.29, 1.82) is 0 Å². The summed E-state index contributed by atoms with van der Waals surface area (Å²) in [6, 6.07) is 0. The normalized spacial score (nSPS) is 11.5. The zero-order valence-electron chi connectivity index (χ0n) is 7.52. The molecule has 1 atom stereocenters. The number of halogens is 1. The van der Waals surface area contributed by atoms with E-state index in [1.807, 2.05) is 0 Å². The molecule has 0 bridgehead atoms. The van der Waals surface area contributed by atoms with Crippen molar-refractivity contribution in [2.24, 2.45) is 0 Å². The van der Waals surface area contributed by atoms with Crippen LogP contribution in [0.1, 0.15) is 39.5 Å². The molecule has 0 spiro atoms. The number of rotatable bonds is 5. The minimum absolute atomic E-state index is 0. The van der Waals surface area contributed by atoms with Gasteiger partial charge in [-0.25, -0.2) is 0 Å². The van der Waals surface area contributed by atoms with Crippen LogP contribution in [0.5, 0.6) is 0 Å². The first-order valence-corrected chi connectivity index (χ1v) is 4.35. The van der Waals surface area contributed by atoms with Gasteiger partial charge in [0.1, 0.15) is 0 Å². The molecule has 1 unspecified atom stereocenters. The van der Waals surface area contributed by atoms with Gasteiger partial charge in [0.05, 0.1) is 0 Å². The molecule has 0 radical (unpaired) electrons. The summed E-state index contributed by atoms with van der Waals surface area (Å²) in [4.78, 5) is 0. The summed E-state index contributed by atoms with van der Waals surface area (Å²) < 4.78 is 0. The van der Waals surface area contributed by atoms with Gasteiger partial charge in [-0.15, -0.1) is 12.4 Å². The van der Waals surface area contributed by atoms with E-state index in [0.29, 0.717) is 0 Å². The molecule has 0 aromatic carbocycles. The van der Waals surface area contributed by atoms with Crippen LogP contribution in [0.3, 0.4) is 0 Å². The summed E-state index contributed by atoms with van der Waals surface area (Å²) >= 11 is 0. The number of hydrogen-bond donors (Lipinski definition) is 0. The van der Waals surface area contributed by atoms with E-state index in [4.69, 9.17) is 0 Å².